The molecular weight excluding hydrogens is 267 g/mol. The number of rotatable bonds is 2. The highest BCUT2D eigenvalue weighted by atomic mass is 127. The topological polar surface area (TPSA) is 55.1 Å². The molecule has 3 N–H and O–H groups in total. The summed E-state index contributed by atoms with van der Waals surface area (Å²) in [4.78, 5) is 10.8. The largest absolute Gasteiger partial charge is 0.387 e. The summed E-state index contributed by atoms with van der Waals surface area (Å²) in [5.41, 5.74) is 6.57. The summed E-state index contributed by atoms with van der Waals surface area (Å²) in [6, 6.07) is 5.31. The number of nitrogens with one attached hydrogen (secondary N) is 1. The van der Waals surface area contributed by atoms with Gasteiger partial charge in [-0.2, -0.15) is 0 Å². The van der Waals surface area contributed by atoms with E-state index in [-0.39, 0.29) is 0 Å². The lowest BCUT2D eigenvalue weighted by atomic mass is 10.2. The number of anilines is 1. The molecule has 12 heavy (non-hydrogen) atoms. The van der Waals surface area contributed by atoms with Gasteiger partial charge in [-0.3, -0.25) is 4.79 Å². The number of amides is 1. The van der Waals surface area contributed by atoms with Gasteiger partial charge in [0.05, 0.1) is 0 Å². The molecule has 1 aromatic carbocycles. The van der Waals surface area contributed by atoms with Crippen molar-refractivity contribution < 1.29 is 4.79 Å². The standard InChI is InChI=1S/C8H9IN2O/c1-11-7-4-5(8(10)12)2-3-6(7)9/h2-4,11H,1H3,(H2,10,12). The minimum absolute atomic E-state index is 0.400. The fourth-order valence-corrected chi connectivity index (χ4v) is 1.48. The van der Waals surface area contributed by atoms with Gasteiger partial charge in [-0.15, -0.1) is 0 Å². The molecule has 0 aliphatic rings. The van der Waals surface area contributed by atoms with Gasteiger partial charge in [-0.1, -0.05) is 0 Å². The number of primary amides is 1. The summed E-state index contributed by atoms with van der Waals surface area (Å²) >= 11 is 2.19. The van der Waals surface area contributed by atoms with E-state index in [1.54, 1.807) is 12.1 Å². The maximum Gasteiger partial charge on any atom is 0.248 e. The predicted octanol–water partition coefficient (Wildman–Crippen LogP) is 1.43. The monoisotopic (exact) mass is 276 g/mol. The van der Waals surface area contributed by atoms with E-state index >= 15 is 0 Å². The average Bonchev–Trinajstić information content (AvgIpc) is 2.05. The SMILES string of the molecule is CNc1cc(C(N)=O)ccc1I. The first-order valence-corrected chi connectivity index (χ1v) is 4.50. The molecular formula is C8H9IN2O. The zero-order valence-corrected chi connectivity index (χ0v) is 8.75. The molecule has 0 aromatic heterocycles. The number of benzene rings is 1. The molecule has 0 spiro atoms. The molecule has 0 aliphatic heterocycles. The zero-order chi connectivity index (χ0) is 9.14. The van der Waals surface area contributed by atoms with Crippen LogP contribution in [0, 0.1) is 3.57 Å². The van der Waals surface area contributed by atoms with Crippen LogP contribution in [0.25, 0.3) is 0 Å². The van der Waals surface area contributed by atoms with E-state index in [0.29, 0.717) is 5.56 Å². The summed E-state index contributed by atoms with van der Waals surface area (Å²) in [6.07, 6.45) is 0. The summed E-state index contributed by atoms with van der Waals surface area (Å²) in [5.74, 6) is -0.400. The molecule has 0 heterocycles. The zero-order valence-electron chi connectivity index (χ0n) is 6.60. The molecule has 0 atom stereocenters. The lowest BCUT2D eigenvalue weighted by molar-refractivity contribution is 0.100. The molecule has 1 aromatic rings. The first kappa shape index (κ1) is 9.31. The normalized spacial score (nSPS) is 9.50. The Balaban J connectivity index is 3.13. The number of hydrogen-bond acceptors (Lipinski definition) is 2. The molecule has 0 radical (unpaired) electrons. The Morgan fingerprint density at radius 3 is 2.75 bits per heavy atom. The van der Waals surface area contributed by atoms with Gasteiger partial charge >= 0.3 is 0 Å². The molecule has 0 saturated carbocycles. The Morgan fingerprint density at radius 2 is 2.25 bits per heavy atom. The van der Waals surface area contributed by atoms with E-state index in [0.717, 1.165) is 9.26 Å². The van der Waals surface area contributed by atoms with Crippen LogP contribution >= 0.6 is 22.6 Å². The van der Waals surface area contributed by atoms with Crippen LogP contribution in [0.2, 0.25) is 0 Å². The van der Waals surface area contributed by atoms with Crippen LogP contribution in [-0.4, -0.2) is 13.0 Å². The Bertz CT molecular complexity index is 312. The van der Waals surface area contributed by atoms with Gasteiger partial charge in [0.25, 0.3) is 0 Å². The average molecular weight is 276 g/mol. The summed E-state index contributed by atoms with van der Waals surface area (Å²) < 4.78 is 1.07. The van der Waals surface area contributed by atoms with Gasteiger partial charge in [0.1, 0.15) is 0 Å². The third-order valence-electron chi connectivity index (χ3n) is 1.52. The second-order valence-electron chi connectivity index (χ2n) is 2.31. The maximum absolute atomic E-state index is 10.8. The van der Waals surface area contributed by atoms with Crippen molar-refractivity contribution in [2.24, 2.45) is 5.73 Å². The Labute approximate surface area is 84.5 Å². The smallest absolute Gasteiger partial charge is 0.248 e. The third-order valence-corrected chi connectivity index (χ3v) is 2.46. The van der Waals surface area contributed by atoms with Gasteiger partial charge in [0, 0.05) is 21.9 Å². The van der Waals surface area contributed by atoms with Crippen LogP contribution in [0.4, 0.5) is 5.69 Å². The molecule has 64 valence electrons. The summed E-state index contributed by atoms with van der Waals surface area (Å²) in [5, 5.41) is 2.98. The van der Waals surface area contributed by atoms with Crippen LogP contribution in [0.1, 0.15) is 10.4 Å². The second kappa shape index (κ2) is 3.75. The minimum atomic E-state index is -0.400. The fraction of sp³-hybridized carbons (Fsp3) is 0.125. The van der Waals surface area contributed by atoms with Crippen molar-refractivity contribution in [3.8, 4) is 0 Å². The van der Waals surface area contributed by atoms with E-state index in [1.165, 1.54) is 0 Å². The number of hydrogen-bond donors (Lipinski definition) is 2. The molecule has 3 nitrogen and oxygen atoms in total. The van der Waals surface area contributed by atoms with Crippen molar-refractivity contribution in [2.75, 3.05) is 12.4 Å². The highest BCUT2D eigenvalue weighted by molar-refractivity contribution is 14.1. The summed E-state index contributed by atoms with van der Waals surface area (Å²) in [7, 11) is 1.81. The van der Waals surface area contributed by atoms with Crippen molar-refractivity contribution in [1.29, 1.82) is 0 Å². The fourth-order valence-electron chi connectivity index (χ4n) is 0.870. The minimum Gasteiger partial charge on any atom is -0.387 e. The van der Waals surface area contributed by atoms with E-state index in [9.17, 15) is 4.79 Å². The highest BCUT2D eigenvalue weighted by Crippen LogP contribution is 2.18. The van der Waals surface area contributed by atoms with Crippen molar-refractivity contribution in [3.05, 3.63) is 27.3 Å². The van der Waals surface area contributed by atoms with Gasteiger partial charge in [-0.05, 0) is 40.8 Å². The van der Waals surface area contributed by atoms with Gasteiger partial charge in [0.2, 0.25) is 5.91 Å². The number of nitrogens with two attached hydrogens (primary N) is 1. The molecule has 1 amide bonds. The summed E-state index contributed by atoms with van der Waals surface area (Å²) in [6.45, 7) is 0. The van der Waals surface area contributed by atoms with Crippen LogP contribution in [0.5, 0.6) is 0 Å². The van der Waals surface area contributed by atoms with Crippen LogP contribution in [-0.2, 0) is 0 Å². The van der Waals surface area contributed by atoms with Crippen LogP contribution in [0.15, 0.2) is 18.2 Å². The molecule has 0 unspecified atom stereocenters. The number of carbonyl (C=O) groups is 1. The van der Waals surface area contributed by atoms with E-state index in [4.69, 9.17) is 5.73 Å². The van der Waals surface area contributed by atoms with E-state index in [2.05, 4.69) is 27.9 Å². The second-order valence-corrected chi connectivity index (χ2v) is 3.47. The molecule has 4 heteroatoms. The van der Waals surface area contributed by atoms with Crippen molar-refractivity contribution in [3.63, 3.8) is 0 Å². The molecule has 0 bridgehead atoms. The first-order chi connectivity index (χ1) is 5.65. The Kier molecular flexibility index (Phi) is 2.91. The lowest BCUT2D eigenvalue weighted by Crippen LogP contribution is -2.11. The third kappa shape index (κ3) is 1.88. The van der Waals surface area contributed by atoms with Crippen LogP contribution in [0.3, 0.4) is 0 Å². The first-order valence-electron chi connectivity index (χ1n) is 3.42. The number of halogens is 1. The molecule has 0 aliphatic carbocycles. The lowest BCUT2D eigenvalue weighted by Gasteiger charge is -2.04. The molecule has 0 saturated heterocycles. The molecule has 1 rings (SSSR count). The van der Waals surface area contributed by atoms with Crippen molar-refractivity contribution in [1.82, 2.24) is 0 Å². The predicted molar refractivity (Wildman–Crippen MR) is 57.2 cm³/mol. The van der Waals surface area contributed by atoms with Gasteiger partial charge in [0.15, 0.2) is 0 Å². The van der Waals surface area contributed by atoms with Crippen LogP contribution < -0.4 is 11.1 Å². The maximum atomic E-state index is 10.8. The van der Waals surface area contributed by atoms with Crippen molar-refractivity contribution in [2.45, 2.75) is 0 Å². The van der Waals surface area contributed by atoms with Crippen molar-refractivity contribution >= 4 is 34.2 Å². The number of carbonyl (C=O) groups excluding carboxylic acids is 1. The Hall–Kier alpha value is -0.780. The highest BCUT2D eigenvalue weighted by Gasteiger charge is 2.03. The van der Waals surface area contributed by atoms with E-state index < -0.39 is 5.91 Å². The van der Waals surface area contributed by atoms with Gasteiger partial charge in [-0.25, -0.2) is 0 Å². The molecule has 0 fully saturated rings. The Morgan fingerprint density at radius 1 is 1.58 bits per heavy atom. The quantitative estimate of drug-likeness (QED) is 0.803. The van der Waals surface area contributed by atoms with Gasteiger partial charge < -0.3 is 11.1 Å². The van der Waals surface area contributed by atoms with E-state index in [1.807, 2.05) is 13.1 Å².